The van der Waals surface area contributed by atoms with E-state index in [9.17, 15) is 0 Å². The molecule has 0 aliphatic heterocycles. The average molecular weight is 241 g/mol. The van der Waals surface area contributed by atoms with Crippen molar-refractivity contribution in [2.45, 2.75) is 32.1 Å². The van der Waals surface area contributed by atoms with Crippen LogP contribution in [-0.2, 0) is 5.41 Å². The number of rotatable bonds is 5. The van der Waals surface area contributed by atoms with Crippen molar-refractivity contribution in [1.29, 1.82) is 0 Å². The fourth-order valence-electron chi connectivity index (χ4n) is 2.23. The average Bonchev–Trinajstić information content (AvgIpc) is 2.91. The molecule has 0 fully saturated rings. The van der Waals surface area contributed by atoms with E-state index in [4.69, 9.17) is 0 Å². The highest BCUT2D eigenvalue weighted by molar-refractivity contribution is 5.36. The van der Waals surface area contributed by atoms with Gasteiger partial charge in [0.2, 0.25) is 0 Å². The van der Waals surface area contributed by atoms with E-state index in [1.54, 1.807) is 6.33 Å². The largest absolute Gasteiger partial charge is 0.351 e. The van der Waals surface area contributed by atoms with Crippen molar-refractivity contribution < 1.29 is 0 Å². The van der Waals surface area contributed by atoms with Crippen LogP contribution in [0.3, 0.4) is 0 Å². The summed E-state index contributed by atoms with van der Waals surface area (Å²) in [5, 5.41) is 0. The highest BCUT2D eigenvalue weighted by atomic mass is 14.9. The van der Waals surface area contributed by atoms with Crippen molar-refractivity contribution in [1.82, 2.24) is 9.97 Å². The smallest absolute Gasteiger partial charge is 0.0923 e. The number of hydrogen-bond acceptors (Lipinski definition) is 1. The molecule has 0 bridgehead atoms. The summed E-state index contributed by atoms with van der Waals surface area (Å²) in [6, 6.07) is 10.5. The van der Waals surface area contributed by atoms with Crippen LogP contribution in [0.15, 0.2) is 42.9 Å². The molecule has 0 spiro atoms. The third kappa shape index (κ3) is 2.63. The molecule has 2 aromatic rings. The summed E-state index contributed by atoms with van der Waals surface area (Å²) in [7, 11) is 0. The van der Waals surface area contributed by atoms with Crippen molar-refractivity contribution in [2.24, 2.45) is 5.92 Å². The molecule has 0 saturated carbocycles. The molecule has 1 heterocycles. The first-order valence-corrected chi connectivity index (χ1v) is 6.53. The zero-order chi connectivity index (χ0) is 13.0. The van der Waals surface area contributed by atoms with Crippen LogP contribution < -0.4 is 0 Å². The van der Waals surface area contributed by atoms with Crippen molar-refractivity contribution in [3.8, 4) is 0 Å². The van der Waals surface area contributed by atoms with Crippen LogP contribution in [-0.4, -0.2) is 9.97 Å². The molecule has 2 rings (SSSR count). The van der Waals surface area contributed by atoms with Gasteiger partial charge in [-0.2, -0.15) is 0 Å². The van der Waals surface area contributed by atoms with Crippen LogP contribution in [0.5, 0.6) is 0 Å². The van der Waals surface area contributed by atoms with Crippen molar-refractivity contribution >= 4 is 0 Å². The van der Waals surface area contributed by atoms with E-state index in [2.05, 4.69) is 55.0 Å². The van der Waals surface area contributed by atoms with Gasteiger partial charge in [-0.15, -0.1) is 0 Å². The maximum Gasteiger partial charge on any atom is 0.0923 e. The Kier molecular flexibility index (Phi) is 3.85. The van der Waals surface area contributed by atoms with E-state index in [1.807, 2.05) is 12.3 Å². The van der Waals surface area contributed by atoms with E-state index in [0.29, 0.717) is 5.92 Å². The van der Waals surface area contributed by atoms with Crippen molar-refractivity contribution in [3.63, 3.8) is 0 Å². The van der Waals surface area contributed by atoms with E-state index in [1.165, 1.54) is 5.56 Å². The second-order valence-electron chi connectivity index (χ2n) is 5.34. The van der Waals surface area contributed by atoms with Gasteiger partial charge in [0, 0.05) is 11.6 Å². The molecule has 1 radical (unpaired) electrons. The monoisotopic (exact) mass is 241 g/mol. The number of H-pyrrole nitrogens is 1. The highest BCUT2D eigenvalue weighted by Crippen LogP contribution is 2.35. The van der Waals surface area contributed by atoms with Crippen LogP contribution in [0, 0.1) is 12.8 Å². The number of aromatic nitrogens is 2. The molecular formula is C16H21N2. The third-order valence-corrected chi connectivity index (χ3v) is 3.46. The Balaban J connectivity index is 2.34. The minimum absolute atomic E-state index is 0.245. The lowest BCUT2D eigenvalue weighted by atomic mass is 9.75. The quantitative estimate of drug-likeness (QED) is 0.843. The minimum Gasteiger partial charge on any atom is -0.351 e. The zero-order valence-electron chi connectivity index (χ0n) is 11.2. The van der Waals surface area contributed by atoms with Crippen molar-refractivity contribution in [3.05, 3.63) is 61.0 Å². The summed E-state index contributed by atoms with van der Waals surface area (Å²) in [6.07, 6.45) is 5.85. The van der Waals surface area contributed by atoms with Crippen molar-refractivity contribution in [2.75, 3.05) is 0 Å². The Labute approximate surface area is 109 Å². The van der Waals surface area contributed by atoms with Gasteiger partial charge in [-0.1, -0.05) is 44.2 Å². The summed E-state index contributed by atoms with van der Waals surface area (Å²) >= 11 is 0. The molecule has 0 aliphatic carbocycles. The van der Waals surface area contributed by atoms with Gasteiger partial charge in [-0.05, 0) is 31.2 Å². The Hall–Kier alpha value is -1.57. The van der Waals surface area contributed by atoms with Crippen LogP contribution >= 0.6 is 0 Å². The summed E-state index contributed by atoms with van der Waals surface area (Å²) in [4.78, 5) is 7.47. The number of nitrogens with zero attached hydrogens (tertiary/aromatic N) is 1. The normalized spacial score (nSPS) is 14.7. The number of nitrogens with one attached hydrogen (secondary N) is 1. The molecule has 1 aromatic heterocycles. The predicted octanol–water partition coefficient (Wildman–Crippen LogP) is 3.97. The summed E-state index contributed by atoms with van der Waals surface area (Å²) < 4.78 is 0. The fraction of sp³-hybridized carbons (Fsp3) is 0.375. The highest BCUT2D eigenvalue weighted by Gasteiger charge is 2.30. The lowest BCUT2D eigenvalue weighted by Crippen LogP contribution is -2.25. The number of imidazole rings is 1. The first-order valence-electron chi connectivity index (χ1n) is 6.53. The topological polar surface area (TPSA) is 28.7 Å². The second-order valence-corrected chi connectivity index (χ2v) is 5.34. The molecule has 18 heavy (non-hydrogen) atoms. The van der Waals surface area contributed by atoms with Gasteiger partial charge >= 0.3 is 0 Å². The van der Waals surface area contributed by atoms with E-state index in [-0.39, 0.29) is 5.41 Å². The zero-order valence-corrected chi connectivity index (χ0v) is 11.2. The summed E-state index contributed by atoms with van der Waals surface area (Å²) in [5.41, 5.74) is 2.01. The number of benzene rings is 1. The Morgan fingerprint density at radius 3 is 2.56 bits per heavy atom. The molecule has 1 atom stereocenters. The van der Waals surface area contributed by atoms with Crippen LogP contribution in [0.25, 0.3) is 0 Å². The Morgan fingerprint density at radius 1 is 1.28 bits per heavy atom. The van der Waals surface area contributed by atoms with E-state index < -0.39 is 0 Å². The van der Waals surface area contributed by atoms with Gasteiger partial charge in [-0.25, -0.2) is 4.98 Å². The molecule has 0 aliphatic rings. The van der Waals surface area contributed by atoms with Gasteiger partial charge < -0.3 is 4.98 Å². The number of aromatic amines is 1. The number of hydrogen-bond donors (Lipinski definition) is 1. The van der Waals surface area contributed by atoms with Gasteiger partial charge in [0.1, 0.15) is 0 Å². The Morgan fingerprint density at radius 2 is 2.00 bits per heavy atom. The van der Waals surface area contributed by atoms with Gasteiger partial charge in [0.15, 0.2) is 0 Å². The fourth-order valence-corrected chi connectivity index (χ4v) is 2.23. The molecule has 1 aromatic carbocycles. The molecule has 1 N–H and O–H groups in total. The summed E-state index contributed by atoms with van der Waals surface area (Å²) in [5.74, 6) is 0.675. The second kappa shape index (κ2) is 5.38. The molecule has 95 valence electrons. The standard InChI is InChI=1S/C16H21N2/c1-13(2)9-10-16(3,15-11-17-12-18-15)14-7-5-4-6-8-14/h4-8,11-13H,3,9-10H2,1-2H3,(H,17,18)/t16-/m0/s1. The van der Waals surface area contributed by atoms with Gasteiger partial charge in [0.05, 0.1) is 12.0 Å². The minimum atomic E-state index is -0.245. The molecule has 2 heteroatoms. The van der Waals surface area contributed by atoms with E-state index in [0.717, 1.165) is 18.5 Å². The summed E-state index contributed by atoms with van der Waals surface area (Å²) in [6.45, 7) is 8.96. The molecule has 0 amide bonds. The molecule has 0 unspecified atom stereocenters. The molecular weight excluding hydrogens is 220 g/mol. The van der Waals surface area contributed by atoms with E-state index >= 15 is 0 Å². The van der Waals surface area contributed by atoms with Crippen LogP contribution in [0.4, 0.5) is 0 Å². The lowest BCUT2D eigenvalue weighted by molar-refractivity contribution is 0.464. The lowest BCUT2D eigenvalue weighted by Gasteiger charge is -2.29. The first-order chi connectivity index (χ1) is 8.63. The van der Waals surface area contributed by atoms with Gasteiger partial charge in [-0.3, -0.25) is 0 Å². The van der Waals surface area contributed by atoms with Gasteiger partial charge in [0.25, 0.3) is 0 Å². The third-order valence-electron chi connectivity index (χ3n) is 3.46. The SMILES string of the molecule is [CH2][C@](CCC(C)C)(c1ccccc1)c1c[nH]cn1. The molecule has 2 nitrogen and oxygen atoms in total. The maximum atomic E-state index is 4.47. The maximum absolute atomic E-state index is 4.47. The predicted molar refractivity (Wildman–Crippen MR) is 75.2 cm³/mol. The first kappa shape index (κ1) is 12.9. The Bertz CT molecular complexity index is 459. The van der Waals surface area contributed by atoms with Crippen LogP contribution in [0.1, 0.15) is 37.9 Å². The van der Waals surface area contributed by atoms with Crippen LogP contribution in [0.2, 0.25) is 0 Å². The molecule has 0 saturated heterocycles.